The van der Waals surface area contributed by atoms with E-state index in [1.54, 1.807) is 7.11 Å². The minimum Gasteiger partial charge on any atom is -0.497 e. The highest BCUT2D eigenvalue weighted by molar-refractivity contribution is 5.86. The van der Waals surface area contributed by atoms with E-state index in [0.29, 0.717) is 13.0 Å². The normalized spacial score (nSPS) is 15.3. The predicted octanol–water partition coefficient (Wildman–Crippen LogP) is 4.40. The number of likely N-dealkylation sites (tertiary alicyclic amines) is 1. The van der Waals surface area contributed by atoms with Gasteiger partial charge in [0.15, 0.2) is 0 Å². The monoisotopic (exact) mass is 419 g/mol. The fourth-order valence-corrected chi connectivity index (χ4v) is 4.70. The third kappa shape index (κ3) is 4.93. The number of rotatable bonds is 9. The van der Waals surface area contributed by atoms with Crippen molar-refractivity contribution in [2.24, 2.45) is 0 Å². The zero-order valence-electron chi connectivity index (χ0n) is 18.6. The molecule has 1 amide bonds. The highest BCUT2D eigenvalue weighted by atomic mass is 16.5. The molecule has 1 aliphatic rings. The minimum atomic E-state index is -0.0282. The van der Waals surface area contributed by atoms with Gasteiger partial charge in [-0.15, -0.1) is 0 Å². The minimum absolute atomic E-state index is 0.0282. The predicted molar refractivity (Wildman–Crippen MR) is 126 cm³/mol. The standard InChI is InChI=1S/C26H33N3O2/c1-3-29-19-24(22-11-4-5-12-25(22)29)23(20-9-8-10-21(17-20)31-2)18-26(30)27-13-16-28-14-6-7-15-28/h4-5,8-12,17,19,23H,3,6-7,13-16,18H2,1-2H3,(H,27,30)/t23-/m1/s1. The molecular formula is C26H33N3O2. The third-order valence-electron chi connectivity index (χ3n) is 6.37. The van der Waals surface area contributed by atoms with Gasteiger partial charge >= 0.3 is 0 Å². The van der Waals surface area contributed by atoms with Gasteiger partial charge in [-0.25, -0.2) is 0 Å². The van der Waals surface area contributed by atoms with Gasteiger partial charge in [-0.2, -0.15) is 0 Å². The molecule has 0 radical (unpaired) electrons. The number of hydrogen-bond acceptors (Lipinski definition) is 3. The van der Waals surface area contributed by atoms with Gasteiger partial charge in [-0.3, -0.25) is 4.79 Å². The lowest BCUT2D eigenvalue weighted by molar-refractivity contribution is -0.121. The second kappa shape index (κ2) is 10.0. The molecular weight excluding hydrogens is 386 g/mol. The molecule has 2 aromatic carbocycles. The van der Waals surface area contributed by atoms with Gasteiger partial charge in [-0.05, 0) is 62.2 Å². The van der Waals surface area contributed by atoms with Gasteiger partial charge < -0.3 is 19.5 Å². The van der Waals surface area contributed by atoms with Crippen molar-refractivity contribution >= 4 is 16.8 Å². The fraction of sp³-hybridized carbons (Fsp3) is 0.423. The lowest BCUT2D eigenvalue weighted by Gasteiger charge is -2.19. The molecule has 1 atom stereocenters. The van der Waals surface area contributed by atoms with E-state index in [0.717, 1.165) is 37.5 Å². The highest BCUT2D eigenvalue weighted by Crippen LogP contribution is 2.36. The van der Waals surface area contributed by atoms with Crippen LogP contribution in [0.5, 0.6) is 5.75 Å². The Morgan fingerprint density at radius 2 is 1.94 bits per heavy atom. The van der Waals surface area contributed by atoms with E-state index < -0.39 is 0 Å². The fourth-order valence-electron chi connectivity index (χ4n) is 4.70. The Bertz CT molecular complexity index is 1020. The molecule has 0 aliphatic carbocycles. The van der Waals surface area contributed by atoms with Crippen LogP contribution in [0, 0.1) is 0 Å². The number of nitrogens with zero attached hydrogens (tertiary/aromatic N) is 2. The largest absolute Gasteiger partial charge is 0.497 e. The van der Waals surface area contributed by atoms with Crippen molar-refractivity contribution < 1.29 is 9.53 Å². The van der Waals surface area contributed by atoms with E-state index in [9.17, 15) is 4.79 Å². The van der Waals surface area contributed by atoms with E-state index in [-0.39, 0.29) is 11.8 Å². The molecule has 1 N–H and O–H groups in total. The molecule has 1 fully saturated rings. The smallest absolute Gasteiger partial charge is 0.220 e. The first-order valence-corrected chi connectivity index (χ1v) is 11.4. The van der Waals surface area contributed by atoms with E-state index in [2.05, 4.69) is 64.3 Å². The summed E-state index contributed by atoms with van der Waals surface area (Å²) < 4.78 is 7.74. The van der Waals surface area contributed by atoms with Crippen LogP contribution in [0.2, 0.25) is 0 Å². The Morgan fingerprint density at radius 1 is 1.13 bits per heavy atom. The lowest BCUT2D eigenvalue weighted by Crippen LogP contribution is -2.34. The van der Waals surface area contributed by atoms with Crippen LogP contribution >= 0.6 is 0 Å². The van der Waals surface area contributed by atoms with Crippen LogP contribution in [0.4, 0.5) is 0 Å². The van der Waals surface area contributed by atoms with Crippen molar-refractivity contribution in [3.63, 3.8) is 0 Å². The highest BCUT2D eigenvalue weighted by Gasteiger charge is 2.23. The molecule has 5 nitrogen and oxygen atoms in total. The molecule has 5 heteroatoms. The van der Waals surface area contributed by atoms with E-state index in [1.807, 2.05) is 12.1 Å². The van der Waals surface area contributed by atoms with Crippen LogP contribution in [0.1, 0.15) is 43.2 Å². The second-order valence-electron chi connectivity index (χ2n) is 8.32. The number of carbonyl (C=O) groups is 1. The van der Waals surface area contributed by atoms with Crippen LogP contribution < -0.4 is 10.1 Å². The average Bonchev–Trinajstić information content (AvgIpc) is 3.45. The first kappa shape index (κ1) is 21.4. The van der Waals surface area contributed by atoms with Crippen LogP contribution in [0.3, 0.4) is 0 Å². The Morgan fingerprint density at radius 3 is 2.71 bits per heavy atom. The van der Waals surface area contributed by atoms with Crippen molar-refractivity contribution in [1.82, 2.24) is 14.8 Å². The summed E-state index contributed by atoms with van der Waals surface area (Å²) in [7, 11) is 1.68. The van der Waals surface area contributed by atoms with E-state index in [4.69, 9.17) is 4.74 Å². The quantitative estimate of drug-likeness (QED) is 0.559. The Kier molecular flexibility index (Phi) is 6.92. The van der Waals surface area contributed by atoms with Crippen molar-refractivity contribution in [3.8, 4) is 5.75 Å². The summed E-state index contributed by atoms with van der Waals surface area (Å²) in [6.45, 7) is 7.00. The summed E-state index contributed by atoms with van der Waals surface area (Å²) >= 11 is 0. The molecule has 0 saturated carbocycles. The number of aryl methyl sites for hydroxylation is 1. The second-order valence-corrected chi connectivity index (χ2v) is 8.32. The number of ether oxygens (including phenoxy) is 1. The van der Waals surface area contributed by atoms with Gasteiger partial charge in [0.1, 0.15) is 5.75 Å². The van der Waals surface area contributed by atoms with Crippen LogP contribution in [-0.4, -0.2) is 48.7 Å². The van der Waals surface area contributed by atoms with Crippen molar-refractivity contribution in [3.05, 3.63) is 65.9 Å². The Labute approximate surface area is 185 Å². The van der Waals surface area contributed by atoms with Crippen LogP contribution in [0.25, 0.3) is 10.9 Å². The summed E-state index contributed by atoms with van der Waals surface area (Å²) in [6.07, 6.45) is 5.18. The topological polar surface area (TPSA) is 46.5 Å². The average molecular weight is 420 g/mol. The van der Waals surface area contributed by atoms with Crippen molar-refractivity contribution in [2.75, 3.05) is 33.3 Å². The SMILES string of the molecule is CCn1cc([C@H](CC(=O)NCCN2CCCC2)c2cccc(OC)c2)c2ccccc21. The van der Waals surface area contributed by atoms with Crippen LogP contribution in [0.15, 0.2) is 54.7 Å². The Hall–Kier alpha value is -2.79. The summed E-state index contributed by atoms with van der Waals surface area (Å²) in [5.74, 6) is 0.885. The first-order chi connectivity index (χ1) is 15.2. The number of carbonyl (C=O) groups excluding carboxylic acids is 1. The maximum atomic E-state index is 13.0. The van der Waals surface area contributed by atoms with Gasteiger partial charge in [-0.1, -0.05) is 30.3 Å². The molecule has 164 valence electrons. The Balaban J connectivity index is 1.60. The zero-order chi connectivity index (χ0) is 21.6. The lowest BCUT2D eigenvalue weighted by atomic mass is 9.88. The first-order valence-electron chi connectivity index (χ1n) is 11.4. The number of amides is 1. The number of hydrogen-bond donors (Lipinski definition) is 1. The van der Waals surface area contributed by atoms with Gasteiger partial charge in [0.05, 0.1) is 7.11 Å². The molecule has 0 spiro atoms. The number of benzene rings is 2. The molecule has 0 bridgehead atoms. The van der Waals surface area contributed by atoms with Gasteiger partial charge in [0.2, 0.25) is 5.91 Å². The summed E-state index contributed by atoms with van der Waals surface area (Å²) in [4.78, 5) is 15.4. The van der Waals surface area contributed by atoms with Gasteiger partial charge in [0, 0.05) is 49.1 Å². The molecule has 1 aromatic heterocycles. The maximum Gasteiger partial charge on any atom is 0.220 e. The molecule has 1 aliphatic heterocycles. The molecule has 3 aromatic rings. The van der Waals surface area contributed by atoms with Crippen molar-refractivity contribution in [2.45, 2.75) is 38.6 Å². The van der Waals surface area contributed by atoms with Crippen LogP contribution in [-0.2, 0) is 11.3 Å². The number of aromatic nitrogens is 1. The molecule has 4 rings (SSSR count). The number of fused-ring (bicyclic) bond motifs is 1. The molecule has 1 saturated heterocycles. The molecule has 0 unspecified atom stereocenters. The zero-order valence-corrected chi connectivity index (χ0v) is 18.6. The molecule has 2 heterocycles. The summed E-state index contributed by atoms with van der Waals surface area (Å²) in [5, 5.41) is 4.37. The third-order valence-corrected chi connectivity index (χ3v) is 6.37. The maximum absolute atomic E-state index is 13.0. The summed E-state index contributed by atoms with van der Waals surface area (Å²) in [5.41, 5.74) is 3.51. The van der Waals surface area contributed by atoms with Gasteiger partial charge in [0.25, 0.3) is 0 Å². The van der Waals surface area contributed by atoms with E-state index >= 15 is 0 Å². The number of methoxy groups -OCH3 is 1. The summed E-state index contributed by atoms with van der Waals surface area (Å²) in [6, 6.07) is 16.6. The van der Waals surface area contributed by atoms with Crippen molar-refractivity contribution in [1.29, 1.82) is 0 Å². The van der Waals surface area contributed by atoms with E-state index in [1.165, 1.54) is 29.3 Å². The number of nitrogens with one attached hydrogen (secondary N) is 1. The molecule has 31 heavy (non-hydrogen) atoms. The number of para-hydroxylation sites is 1.